The largest absolute Gasteiger partial charge is 0.507 e. The van der Waals surface area contributed by atoms with Gasteiger partial charge in [0.05, 0.1) is 10.6 Å². The maximum atomic E-state index is 12.2. The van der Waals surface area contributed by atoms with Crippen molar-refractivity contribution >= 4 is 34.1 Å². The molecule has 0 atom stereocenters. The summed E-state index contributed by atoms with van der Waals surface area (Å²) in [4.78, 5) is 16.2. The molecule has 2 N–H and O–H groups in total. The average Bonchev–Trinajstić information content (AvgIpc) is 2.49. The van der Waals surface area contributed by atoms with Gasteiger partial charge in [0.2, 0.25) is 0 Å². The summed E-state index contributed by atoms with van der Waals surface area (Å²) in [6.07, 6.45) is 1.44. The van der Waals surface area contributed by atoms with Gasteiger partial charge in [-0.2, -0.15) is 0 Å². The van der Waals surface area contributed by atoms with E-state index in [0.29, 0.717) is 10.8 Å². The van der Waals surface area contributed by atoms with Gasteiger partial charge >= 0.3 is 0 Å². The number of carbonyl (C=O) groups excluding carboxylic acids is 1. The van der Waals surface area contributed by atoms with E-state index in [1.54, 1.807) is 24.3 Å². The van der Waals surface area contributed by atoms with Gasteiger partial charge in [-0.3, -0.25) is 4.79 Å². The van der Waals surface area contributed by atoms with Crippen LogP contribution >= 0.6 is 11.6 Å². The molecular formula is C16H11ClN2O2. The molecule has 0 aliphatic carbocycles. The Morgan fingerprint density at radius 1 is 1.10 bits per heavy atom. The fourth-order valence-electron chi connectivity index (χ4n) is 2.04. The number of rotatable bonds is 2. The molecule has 4 nitrogen and oxygen atoms in total. The number of aromatic hydroxyl groups is 1. The Balaban J connectivity index is 1.93. The number of hydrogen-bond donors (Lipinski definition) is 2. The van der Waals surface area contributed by atoms with Crippen molar-refractivity contribution in [3.8, 4) is 5.75 Å². The maximum Gasteiger partial charge on any atom is 0.260 e. The van der Waals surface area contributed by atoms with Crippen LogP contribution in [0.5, 0.6) is 5.75 Å². The standard InChI is InChI=1S/C16H11ClN2O2/c17-12-5-6-15(18-9-12)19-16(21)13-7-10-3-1-2-4-11(10)8-14(13)20/h1-9,20H,(H,18,19,21). The van der Waals surface area contributed by atoms with Crippen LogP contribution < -0.4 is 5.32 Å². The Kier molecular flexibility index (Phi) is 3.46. The third-order valence-electron chi connectivity index (χ3n) is 3.08. The lowest BCUT2D eigenvalue weighted by molar-refractivity contribution is 0.102. The average molecular weight is 299 g/mol. The Morgan fingerprint density at radius 2 is 1.81 bits per heavy atom. The summed E-state index contributed by atoms with van der Waals surface area (Å²) in [7, 11) is 0. The number of hydrogen-bond acceptors (Lipinski definition) is 3. The smallest absolute Gasteiger partial charge is 0.260 e. The van der Waals surface area contributed by atoms with Gasteiger partial charge < -0.3 is 10.4 Å². The number of phenolic OH excluding ortho intramolecular Hbond substituents is 1. The summed E-state index contributed by atoms with van der Waals surface area (Å²) in [5.41, 5.74) is 0.199. The van der Waals surface area contributed by atoms with Crippen LogP contribution in [-0.4, -0.2) is 16.0 Å². The van der Waals surface area contributed by atoms with E-state index in [9.17, 15) is 9.90 Å². The number of nitrogens with one attached hydrogen (secondary N) is 1. The van der Waals surface area contributed by atoms with Crippen LogP contribution in [0.3, 0.4) is 0 Å². The number of benzene rings is 2. The molecule has 0 spiro atoms. The van der Waals surface area contributed by atoms with E-state index < -0.39 is 5.91 Å². The highest BCUT2D eigenvalue weighted by Crippen LogP contribution is 2.25. The lowest BCUT2D eigenvalue weighted by Crippen LogP contribution is -2.13. The third kappa shape index (κ3) is 2.80. The van der Waals surface area contributed by atoms with Gasteiger partial charge in [0, 0.05) is 6.20 Å². The first-order valence-electron chi connectivity index (χ1n) is 6.28. The zero-order chi connectivity index (χ0) is 14.8. The number of nitrogens with zero attached hydrogens (tertiary/aromatic N) is 1. The molecule has 0 aliphatic rings. The lowest BCUT2D eigenvalue weighted by atomic mass is 10.1. The van der Waals surface area contributed by atoms with Crippen molar-refractivity contribution in [1.29, 1.82) is 0 Å². The molecule has 0 unspecified atom stereocenters. The highest BCUT2D eigenvalue weighted by Gasteiger charge is 2.13. The number of phenols is 1. The van der Waals surface area contributed by atoms with E-state index >= 15 is 0 Å². The van der Waals surface area contributed by atoms with E-state index in [-0.39, 0.29) is 11.3 Å². The molecule has 1 aromatic heterocycles. The van der Waals surface area contributed by atoms with Crippen molar-refractivity contribution in [3.63, 3.8) is 0 Å². The highest BCUT2D eigenvalue weighted by molar-refractivity contribution is 6.30. The Morgan fingerprint density at radius 3 is 2.48 bits per heavy atom. The van der Waals surface area contributed by atoms with Crippen LogP contribution in [0.1, 0.15) is 10.4 Å². The molecule has 0 saturated heterocycles. The second-order valence-electron chi connectivity index (χ2n) is 4.53. The van der Waals surface area contributed by atoms with Gasteiger partial charge in [-0.05, 0) is 35.0 Å². The Hall–Kier alpha value is -2.59. The number of pyridine rings is 1. The minimum absolute atomic E-state index is 0.0693. The normalized spacial score (nSPS) is 10.5. The summed E-state index contributed by atoms with van der Waals surface area (Å²) in [5.74, 6) is -0.120. The van der Waals surface area contributed by atoms with Crippen LogP contribution in [0.15, 0.2) is 54.7 Å². The molecule has 21 heavy (non-hydrogen) atoms. The van der Waals surface area contributed by atoms with Crippen molar-refractivity contribution in [2.75, 3.05) is 5.32 Å². The third-order valence-corrected chi connectivity index (χ3v) is 3.30. The van der Waals surface area contributed by atoms with E-state index in [1.165, 1.54) is 6.20 Å². The predicted molar refractivity (Wildman–Crippen MR) is 82.8 cm³/mol. The SMILES string of the molecule is O=C(Nc1ccc(Cl)cn1)c1cc2ccccc2cc1O. The molecule has 2 aromatic carbocycles. The minimum Gasteiger partial charge on any atom is -0.507 e. The van der Waals surface area contributed by atoms with Crippen molar-refractivity contribution < 1.29 is 9.90 Å². The highest BCUT2D eigenvalue weighted by atomic mass is 35.5. The number of fused-ring (bicyclic) bond motifs is 1. The van der Waals surface area contributed by atoms with Crippen LogP contribution in [0.25, 0.3) is 10.8 Å². The number of amides is 1. The van der Waals surface area contributed by atoms with Crippen LogP contribution in [-0.2, 0) is 0 Å². The first kappa shape index (κ1) is 13.4. The van der Waals surface area contributed by atoms with E-state index in [2.05, 4.69) is 10.3 Å². The van der Waals surface area contributed by atoms with Gasteiger partial charge in [-0.25, -0.2) is 4.98 Å². The summed E-state index contributed by atoms with van der Waals surface area (Å²) in [6, 6.07) is 13.9. The van der Waals surface area contributed by atoms with Crippen molar-refractivity contribution in [1.82, 2.24) is 4.98 Å². The molecule has 1 amide bonds. The molecule has 0 aliphatic heterocycles. The molecule has 0 radical (unpaired) electrons. The molecule has 1 heterocycles. The summed E-state index contributed by atoms with van der Waals surface area (Å²) >= 11 is 5.74. The number of aromatic nitrogens is 1. The van der Waals surface area contributed by atoms with Gasteiger partial charge in [-0.1, -0.05) is 35.9 Å². The van der Waals surface area contributed by atoms with Gasteiger partial charge in [0.25, 0.3) is 5.91 Å². The zero-order valence-electron chi connectivity index (χ0n) is 10.9. The summed E-state index contributed by atoms with van der Waals surface area (Å²) < 4.78 is 0. The first-order valence-corrected chi connectivity index (χ1v) is 6.66. The van der Waals surface area contributed by atoms with Crippen molar-refractivity contribution in [2.24, 2.45) is 0 Å². The van der Waals surface area contributed by atoms with Crippen molar-refractivity contribution in [2.45, 2.75) is 0 Å². The lowest BCUT2D eigenvalue weighted by Gasteiger charge is -2.08. The second-order valence-corrected chi connectivity index (χ2v) is 4.97. The Bertz CT molecular complexity index is 816. The first-order chi connectivity index (χ1) is 10.1. The minimum atomic E-state index is -0.423. The fourth-order valence-corrected chi connectivity index (χ4v) is 2.16. The molecule has 0 fully saturated rings. The molecule has 0 bridgehead atoms. The molecule has 0 saturated carbocycles. The van der Waals surface area contributed by atoms with Crippen LogP contribution in [0, 0.1) is 0 Å². The van der Waals surface area contributed by atoms with Crippen LogP contribution in [0.4, 0.5) is 5.82 Å². The van der Waals surface area contributed by atoms with Gasteiger partial charge in [0.1, 0.15) is 11.6 Å². The fraction of sp³-hybridized carbons (Fsp3) is 0. The summed E-state index contributed by atoms with van der Waals surface area (Å²) in [6.45, 7) is 0. The number of carbonyl (C=O) groups is 1. The quantitative estimate of drug-likeness (QED) is 0.755. The molecule has 104 valence electrons. The van der Waals surface area contributed by atoms with E-state index in [4.69, 9.17) is 11.6 Å². The number of halogens is 1. The predicted octanol–water partition coefficient (Wildman–Crippen LogP) is 3.85. The van der Waals surface area contributed by atoms with Gasteiger partial charge in [-0.15, -0.1) is 0 Å². The Labute approximate surface area is 126 Å². The van der Waals surface area contributed by atoms with Crippen LogP contribution in [0.2, 0.25) is 5.02 Å². The van der Waals surface area contributed by atoms with E-state index in [0.717, 1.165) is 10.8 Å². The molecular weight excluding hydrogens is 288 g/mol. The molecule has 3 aromatic rings. The monoisotopic (exact) mass is 298 g/mol. The zero-order valence-corrected chi connectivity index (χ0v) is 11.6. The second kappa shape index (κ2) is 5.42. The number of anilines is 1. The maximum absolute atomic E-state index is 12.2. The van der Waals surface area contributed by atoms with E-state index in [1.807, 2.05) is 24.3 Å². The van der Waals surface area contributed by atoms with Crippen molar-refractivity contribution in [3.05, 3.63) is 65.3 Å². The molecule has 3 rings (SSSR count). The van der Waals surface area contributed by atoms with Gasteiger partial charge in [0.15, 0.2) is 0 Å². The topological polar surface area (TPSA) is 62.2 Å². The molecule has 5 heteroatoms. The summed E-state index contributed by atoms with van der Waals surface area (Å²) in [5, 5.41) is 14.9.